The van der Waals surface area contributed by atoms with E-state index in [0.717, 1.165) is 31.6 Å². The summed E-state index contributed by atoms with van der Waals surface area (Å²) in [5, 5.41) is 7.05. The summed E-state index contributed by atoms with van der Waals surface area (Å²) >= 11 is 5.93. The van der Waals surface area contributed by atoms with Gasteiger partial charge in [0.25, 0.3) is 0 Å². The maximum atomic E-state index is 5.93. The predicted molar refractivity (Wildman–Crippen MR) is 70.1 cm³/mol. The zero-order valence-corrected chi connectivity index (χ0v) is 11.0. The van der Waals surface area contributed by atoms with Gasteiger partial charge in [-0.3, -0.25) is 0 Å². The number of halogens is 1. The van der Waals surface area contributed by atoms with Gasteiger partial charge in [-0.2, -0.15) is 15.0 Å². The summed E-state index contributed by atoms with van der Waals surface area (Å²) in [6.45, 7) is 2.41. The summed E-state index contributed by atoms with van der Waals surface area (Å²) in [5.41, 5.74) is 0.777. The maximum absolute atomic E-state index is 5.93. The van der Waals surface area contributed by atoms with E-state index in [-0.39, 0.29) is 5.28 Å². The number of anilines is 2. The molecule has 0 spiro atoms. The Morgan fingerprint density at radius 2 is 2.11 bits per heavy atom. The van der Waals surface area contributed by atoms with E-state index in [1.165, 1.54) is 6.26 Å². The van der Waals surface area contributed by atoms with Gasteiger partial charge in [0.05, 0.1) is 6.54 Å². The number of aromatic nitrogens is 4. The summed E-state index contributed by atoms with van der Waals surface area (Å²) < 4.78 is 4.75. The van der Waals surface area contributed by atoms with Crippen LogP contribution in [0.3, 0.4) is 0 Å². The minimum absolute atomic E-state index is 0.194. The lowest BCUT2D eigenvalue weighted by Crippen LogP contribution is -2.21. The Morgan fingerprint density at radius 3 is 2.84 bits per heavy atom. The van der Waals surface area contributed by atoms with Gasteiger partial charge in [0.2, 0.25) is 17.2 Å². The van der Waals surface area contributed by atoms with E-state index in [4.69, 9.17) is 16.1 Å². The van der Waals surface area contributed by atoms with Gasteiger partial charge in [-0.1, -0.05) is 5.16 Å². The molecule has 19 heavy (non-hydrogen) atoms. The van der Waals surface area contributed by atoms with E-state index in [1.54, 1.807) is 6.07 Å². The Bertz CT molecular complexity index is 540. The van der Waals surface area contributed by atoms with Crippen molar-refractivity contribution in [3.8, 4) is 0 Å². The van der Waals surface area contributed by atoms with E-state index in [9.17, 15) is 0 Å². The van der Waals surface area contributed by atoms with Crippen molar-refractivity contribution in [3.63, 3.8) is 0 Å². The Labute approximate surface area is 115 Å². The third kappa shape index (κ3) is 2.93. The Morgan fingerprint density at radius 1 is 1.26 bits per heavy atom. The van der Waals surface area contributed by atoms with E-state index in [2.05, 4.69) is 30.3 Å². The Kier molecular flexibility index (Phi) is 3.45. The number of nitrogens with zero attached hydrogens (tertiary/aromatic N) is 5. The third-order valence-corrected chi connectivity index (χ3v) is 3.07. The molecule has 0 aliphatic carbocycles. The van der Waals surface area contributed by atoms with Crippen molar-refractivity contribution >= 4 is 23.5 Å². The van der Waals surface area contributed by atoms with Crippen molar-refractivity contribution in [1.82, 2.24) is 20.1 Å². The first kappa shape index (κ1) is 12.2. The normalized spacial score (nSPS) is 14.9. The SMILES string of the molecule is Clc1nc(NCc2ccon2)nc(N2CCCC2)n1. The third-order valence-electron chi connectivity index (χ3n) is 2.90. The second-order valence-corrected chi connectivity index (χ2v) is 4.60. The van der Waals surface area contributed by atoms with Crippen LogP contribution in [0.2, 0.25) is 5.28 Å². The minimum Gasteiger partial charge on any atom is -0.364 e. The molecule has 3 heterocycles. The van der Waals surface area contributed by atoms with Crippen LogP contribution in [0.4, 0.5) is 11.9 Å². The van der Waals surface area contributed by atoms with Crippen molar-refractivity contribution in [2.75, 3.05) is 23.3 Å². The zero-order valence-electron chi connectivity index (χ0n) is 10.2. The van der Waals surface area contributed by atoms with Crippen LogP contribution in [0.15, 0.2) is 16.9 Å². The lowest BCUT2D eigenvalue weighted by Gasteiger charge is -2.15. The molecular weight excluding hydrogens is 268 g/mol. The van der Waals surface area contributed by atoms with Crippen molar-refractivity contribution in [2.45, 2.75) is 19.4 Å². The molecule has 2 aromatic rings. The largest absolute Gasteiger partial charge is 0.364 e. The average Bonchev–Trinajstić information content (AvgIpc) is 3.09. The minimum atomic E-state index is 0.194. The molecular formula is C11H13ClN6O. The van der Waals surface area contributed by atoms with Gasteiger partial charge in [-0.15, -0.1) is 0 Å². The first-order valence-electron chi connectivity index (χ1n) is 6.11. The van der Waals surface area contributed by atoms with E-state index >= 15 is 0 Å². The fourth-order valence-electron chi connectivity index (χ4n) is 1.98. The lowest BCUT2D eigenvalue weighted by molar-refractivity contribution is 0.412. The van der Waals surface area contributed by atoms with Crippen LogP contribution in [-0.2, 0) is 6.54 Å². The Hall–Kier alpha value is -1.89. The summed E-state index contributed by atoms with van der Waals surface area (Å²) in [6.07, 6.45) is 3.84. The molecule has 1 saturated heterocycles. The zero-order chi connectivity index (χ0) is 13.1. The van der Waals surface area contributed by atoms with Gasteiger partial charge in [-0.25, -0.2) is 0 Å². The summed E-state index contributed by atoms with van der Waals surface area (Å²) in [7, 11) is 0. The highest BCUT2D eigenvalue weighted by atomic mass is 35.5. The molecule has 3 rings (SSSR count). The topological polar surface area (TPSA) is 80.0 Å². The molecule has 1 fully saturated rings. The summed E-state index contributed by atoms with van der Waals surface area (Å²) in [6, 6.07) is 1.77. The molecule has 0 amide bonds. The summed E-state index contributed by atoms with van der Waals surface area (Å²) in [5.74, 6) is 1.07. The molecule has 1 aliphatic rings. The quantitative estimate of drug-likeness (QED) is 0.913. The molecule has 100 valence electrons. The fourth-order valence-corrected chi connectivity index (χ4v) is 2.13. The molecule has 0 radical (unpaired) electrons. The molecule has 0 atom stereocenters. The maximum Gasteiger partial charge on any atom is 0.231 e. The number of rotatable bonds is 4. The van der Waals surface area contributed by atoms with Crippen LogP contribution in [0, 0.1) is 0 Å². The summed E-state index contributed by atoms with van der Waals surface area (Å²) in [4.78, 5) is 14.7. The van der Waals surface area contributed by atoms with Crippen molar-refractivity contribution in [3.05, 3.63) is 23.3 Å². The first-order chi connectivity index (χ1) is 9.31. The second kappa shape index (κ2) is 5.40. The standard InChI is InChI=1S/C11H13ClN6O/c12-9-14-10(13-7-8-3-6-19-17-8)16-11(15-9)18-4-1-2-5-18/h3,6H,1-2,4-5,7H2,(H,13,14,15,16). The lowest BCUT2D eigenvalue weighted by atomic mass is 10.4. The first-order valence-corrected chi connectivity index (χ1v) is 6.49. The van der Waals surface area contributed by atoms with Crippen molar-refractivity contribution in [2.24, 2.45) is 0 Å². The average molecular weight is 281 g/mol. The molecule has 1 aliphatic heterocycles. The highest BCUT2D eigenvalue weighted by Crippen LogP contribution is 2.18. The van der Waals surface area contributed by atoms with Gasteiger partial charge in [0.15, 0.2) is 0 Å². The monoisotopic (exact) mass is 280 g/mol. The van der Waals surface area contributed by atoms with Crippen LogP contribution < -0.4 is 10.2 Å². The smallest absolute Gasteiger partial charge is 0.231 e. The van der Waals surface area contributed by atoms with E-state index < -0.39 is 0 Å². The van der Waals surface area contributed by atoms with Gasteiger partial charge in [-0.05, 0) is 24.4 Å². The molecule has 0 bridgehead atoms. The predicted octanol–water partition coefficient (Wildman–Crippen LogP) is 1.73. The van der Waals surface area contributed by atoms with Gasteiger partial charge in [0.1, 0.15) is 12.0 Å². The molecule has 0 saturated carbocycles. The van der Waals surface area contributed by atoms with E-state index in [0.29, 0.717) is 18.4 Å². The van der Waals surface area contributed by atoms with Gasteiger partial charge in [0, 0.05) is 19.2 Å². The van der Waals surface area contributed by atoms with Crippen LogP contribution >= 0.6 is 11.6 Å². The van der Waals surface area contributed by atoms with E-state index in [1.807, 2.05) is 0 Å². The second-order valence-electron chi connectivity index (χ2n) is 4.27. The molecule has 2 aromatic heterocycles. The van der Waals surface area contributed by atoms with Crippen molar-refractivity contribution in [1.29, 1.82) is 0 Å². The molecule has 0 unspecified atom stereocenters. The van der Waals surface area contributed by atoms with Gasteiger partial charge >= 0.3 is 0 Å². The molecule has 7 nitrogen and oxygen atoms in total. The highest BCUT2D eigenvalue weighted by Gasteiger charge is 2.16. The molecule has 1 N–H and O–H groups in total. The fraction of sp³-hybridized carbons (Fsp3) is 0.455. The number of hydrogen-bond acceptors (Lipinski definition) is 7. The van der Waals surface area contributed by atoms with Crippen LogP contribution in [0.1, 0.15) is 18.5 Å². The Balaban J connectivity index is 1.73. The number of nitrogens with one attached hydrogen (secondary N) is 1. The van der Waals surface area contributed by atoms with Crippen molar-refractivity contribution < 1.29 is 4.52 Å². The molecule has 8 heteroatoms. The van der Waals surface area contributed by atoms with Crippen LogP contribution in [0.25, 0.3) is 0 Å². The highest BCUT2D eigenvalue weighted by molar-refractivity contribution is 6.28. The van der Waals surface area contributed by atoms with Crippen LogP contribution in [0.5, 0.6) is 0 Å². The van der Waals surface area contributed by atoms with Crippen LogP contribution in [-0.4, -0.2) is 33.2 Å². The molecule has 0 aromatic carbocycles. The van der Waals surface area contributed by atoms with Gasteiger partial charge < -0.3 is 14.7 Å². The number of hydrogen-bond donors (Lipinski definition) is 1.